The van der Waals surface area contributed by atoms with Gasteiger partial charge in [0.05, 0.1) is 10.4 Å². The highest BCUT2D eigenvalue weighted by molar-refractivity contribution is 9.10. The quantitative estimate of drug-likeness (QED) is 0.670. The Bertz CT molecular complexity index is 1080. The molecule has 0 aliphatic heterocycles. The molecule has 0 saturated heterocycles. The van der Waals surface area contributed by atoms with E-state index in [-0.39, 0.29) is 4.90 Å². The third-order valence-electron chi connectivity index (χ3n) is 4.20. The number of hydrogen-bond acceptors (Lipinski definition) is 4. The summed E-state index contributed by atoms with van der Waals surface area (Å²) in [5, 5.41) is 3.57. The minimum absolute atomic E-state index is 0.101. The Kier molecular flexibility index (Phi) is 4.86. The van der Waals surface area contributed by atoms with E-state index in [1.54, 1.807) is 42.6 Å². The van der Waals surface area contributed by atoms with Gasteiger partial charge in [0.15, 0.2) is 9.84 Å². The summed E-state index contributed by atoms with van der Waals surface area (Å²) in [5.41, 5.74) is 1.32. The van der Waals surface area contributed by atoms with Crippen molar-refractivity contribution in [3.63, 3.8) is 0 Å². The summed E-state index contributed by atoms with van der Waals surface area (Å²) in [6.07, 6.45) is 1.69. The number of fused-ring (bicyclic) bond motifs is 1. The molecule has 5 nitrogen and oxygen atoms in total. The lowest BCUT2D eigenvalue weighted by molar-refractivity contribution is -0.117. The lowest BCUT2D eigenvalue weighted by Gasteiger charge is -2.24. The fourth-order valence-corrected chi connectivity index (χ4v) is 4.11. The molecule has 134 valence electrons. The second-order valence-corrected chi connectivity index (χ2v) is 9.75. The van der Waals surface area contributed by atoms with Gasteiger partial charge in [-0.25, -0.2) is 8.42 Å². The highest BCUT2D eigenvalue weighted by atomic mass is 79.9. The minimum Gasteiger partial charge on any atom is -0.325 e. The van der Waals surface area contributed by atoms with Crippen molar-refractivity contribution >= 4 is 48.3 Å². The van der Waals surface area contributed by atoms with Crippen LogP contribution in [0.4, 0.5) is 5.69 Å². The highest BCUT2D eigenvalue weighted by Crippen LogP contribution is 2.28. The van der Waals surface area contributed by atoms with Gasteiger partial charge in [0.25, 0.3) is 0 Å². The second kappa shape index (κ2) is 6.81. The summed E-state index contributed by atoms with van der Waals surface area (Å²) in [6.45, 7) is 2.81. The Morgan fingerprint density at radius 2 is 1.77 bits per heavy atom. The molecule has 3 aromatic rings. The van der Waals surface area contributed by atoms with Crippen LogP contribution in [0, 0.1) is 0 Å². The third kappa shape index (κ3) is 3.37. The number of anilines is 1. The van der Waals surface area contributed by atoms with Gasteiger partial charge in [0.1, 0.15) is 4.75 Å². The highest BCUT2D eigenvalue weighted by Gasteiger charge is 2.42. The van der Waals surface area contributed by atoms with E-state index in [9.17, 15) is 13.2 Å². The molecular weight excluding hydrogens is 416 g/mol. The van der Waals surface area contributed by atoms with E-state index in [2.05, 4.69) is 26.2 Å². The maximum absolute atomic E-state index is 12.9. The molecule has 0 unspecified atom stereocenters. The lowest BCUT2D eigenvalue weighted by atomic mass is 10.1. The maximum atomic E-state index is 12.9. The van der Waals surface area contributed by atoms with Crippen molar-refractivity contribution in [3.8, 4) is 0 Å². The standard InChI is InChI=1S/C19H17BrN2O3S/c1-19(2,26(24,25)16-8-5-14(20)6-9-16)18(23)22-15-7-10-17-13(12-15)4-3-11-21-17/h3-12H,1-2H3,(H,22,23). The van der Waals surface area contributed by atoms with Crippen LogP contribution in [0.3, 0.4) is 0 Å². The molecule has 0 aliphatic rings. The maximum Gasteiger partial charge on any atom is 0.245 e. The van der Waals surface area contributed by atoms with Gasteiger partial charge in [-0.05, 0) is 62.4 Å². The number of nitrogens with zero attached hydrogens (tertiary/aromatic N) is 1. The van der Waals surface area contributed by atoms with Crippen LogP contribution in [0.15, 0.2) is 70.2 Å². The number of amides is 1. The fraction of sp³-hybridized carbons (Fsp3) is 0.158. The van der Waals surface area contributed by atoms with Gasteiger partial charge in [-0.2, -0.15) is 0 Å². The zero-order valence-electron chi connectivity index (χ0n) is 14.2. The van der Waals surface area contributed by atoms with Crippen molar-refractivity contribution in [1.82, 2.24) is 4.98 Å². The SMILES string of the molecule is CC(C)(C(=O)Nc1ccc2ncccc2c1)S(=O)(=O)c1ccc(Br)cc1. The Morgan fingerprint density at radius 3 is 2.46 bits per heavy atom. The fourth-order valence-electron chi connectivity index (χ4n) is 2.47. The molecule has 0 saturated carbocycles. The number of hydrogen-bond donors (Lipinski definition) is 1. The molecule has 3 rings (SSSR count). The summed E-state index contributed by atoms with van der Waals surface area (Å²) in [4.78, 5) is 17.1. The van der Waals surface area contributed by atoms with E-state index in [0.29, 0.717) is 5.69 Å². The smallest absolute Gasteiger partial charge is 0.245 e. The van der Waals surface area contributed by atoms with Crippen LogP contribution >= 0.6 is 15.9 Å². The van der Waals surface area contributed by atoms with Crippen LogP contribution in [0.25, 0.3) is 10.9 Å². The number of halogens is 1. The number of aromatic nitrogens is 1. The van der Waals surface area contributed by atoms with Crippen LogP contribution < -0.4 is 5.32 Å². The van der Waals surface area contributed by atoms with E-state index in [0.717, 1.165) is 15.4 Å². The molecule has 0 radical (unpaired) electrons. The number of benzene rings is 2. The third-order valence-corrected chi connectivity index (χ3v) is 7.15. The number of sulfone groups is 1. The zero-order chi connectivity index (χ0) is 18.9. The first-order valence-electron chi connectivity index (χ1n) is 7.88. The Morgan fingerprint density at radius 1 is 1.08 bits per heavy atom. The first-order chi connectivity index (χ1) is 12.2. The average Bonchev–Trinajstić information content (AvgIpc) is 2.61. The van der Waals surface area contributed by atoms with Gasteiger partial charge in [-0.3, -0.25) is 9.78 Å². The van der Waals surface area contributed by atoms with Crippen LogP contribution in [0.2, 0.25) is 0 Å². The first-order valence-corrected chi connectivity index (χ1v) is 10.2. The van der Waals surface area contributed by atoms with Crippen LogP contribution in [0.1, 0.15) is 13.8 Å². The molecule has 0 aliphatic carbocycles. The van der Waals surface area contributed by atoms with E-state index < -0.39 is 20.5 Å². The average molecular weight is 433 g/mol. The van der Waals surface area contributed by atoms with Crippen LogP contribution in [0.5, 0.6) is 0 Å². The summed E-state index contributed by atoms with van der Waals surface area (Å²) in [5.74, 6) is -0.594. The summed E-state index contributed by atoms with van der Waals surface area (Å²) in [6, 6.07) is 15.2. The van der Waals surface area contributed by atoms with E-state index >= 15 is 0 Å². The molecule has 0 spiro atoms. The Labute approximate surface area is 160 Å². The molecule has 1 N–H and O–H groups in total. The summed E-state index contributed by atoms with van der Waals surface area (Å²) < 4.78 is 25.0. The number of carbonyl (C=O) groups is 1. The topological polar surface area (TPSA) is 76.1 Å². The van der Waals surface area contributed by atoms with Gasteiger partial charge < -0.3 is 5.32 Å². The van der Waals surface area contributed by atoms with Crippen LogP contribution in [-0.2, 0) is 14.6 Å². The molecule has 0 bridgehead atoms. The molecule has 2 aromatic carbocycles. The van der Waals surface area contributed by atoms with E-state index in [4.69, 9.17) is 0 Å². The molecule has 1 heterocycles. The molecule has 0 atom stereocenters. The van der Waals surface area contributed by atoms with Gasteiger partial charge in [0.2, 0.25) is 5.91 Å². The van der Waals surface area contributed by atoms with Crippen molar-refractivity contribution < 1.29 is 13.2 Å². The molecule has 0 fully saturated rings. The van der Waals surface area contributed by atoms with Crippen molar-refractivity contribution in [1.29, 1.82) is 0 Å². The normalized spacial score (nSPS) is 12.1. The number of nitrogens with one attached hydrogen (secondary N) is 1. The Hall–Kier alpha value is -2.25. The predicted molar refractivity (Wildman–Crippen MR) is 106 cm³/mol. The molecular formula is C19H17BrN2O3S. The monoisotopic (exact) mass is 432 g/mol. The molecule has 1 amide bonds. The van der Waals surface area contributed by atoms with Gasteiger partial charge in [-0.1, -0.05) is 22.0 Å². The van der Waals surface area contributed by atoms with Crippen LogP contribution in [-0.4, -0.2) is 24.1 Å². The molecule has 7 heteroatoms. The van der Waals surface area contributed by atoms with Crippen molar-refractivity contribution in [2.45, 2.75) is 23.5 Å². The summed E-state index contributed by atoms with van der Waals surface area (Å²) in [7, 11) is -3.86. The number of rotatable bonds is 4. The predicted octanol–water partition coefficient (Wildman–Crippen LogP) is 4.19. The van der Waals surface area contributed by atoms with Gasteiger partial charge in [0, 0.05) is 21.7 Å². The van der Waals surface area contributed by atoms with Crippen molar-refractivity contribution in [2.75, 3.05) is 5.32 Å². The summed E-state index contributed by atoms with van der Waals surface area (Å²) >= 11 is 3.28. The largest absolute Gasteiger partial charge is 0.325 e. The molecule has 26 heavy (non-hydrogen) atoms. The first kappa shape index (κ1) is 18.5. The number of pyridine rings is 1. The Balaban J connectivity index is 1.90. The second-order valence-electron chi connectivity index (χ2n) is 6.33. The van der Waals surface area contributed by atoms with Gasteiger partial charge >= 0.3 is 0 Å². The van der Waals surface area contributed by atoms with E-state index in [1.165, 1.54) is 26.0 Å². The zero-order valence-corrected chi connectivity index (χ0v) is 16.6. The van der Waals surface area contributed by atoms with Crippen molar-refractivity contribution in [2.24, 2.45) is 0 Å². The minimum atomic E-state index is -3.86. The van der Waals surface area contributed by atoms with Gasteiger partial charge in [-0.15, -0.1) is 0 Å². The molecule has 1 aromatic heterocycles. The van der Waals surface area contributed by atoms with E-state index in [1.807, 2.05) is 6.07 Å². The van der Waals surface area contributed by atoms with Crippen molar-refractivity contribution in [3.05, 3.63) is 65.3 Å². The number of carbonyl (C=O) groups excluding carboxylic acids is 1. The lowest BCUT2D eigenvalue weighted by Crippen LogP contribution is -2.44.